The number of halogens is 3. The highest BCUT2D eigenvalue weighted by molar-refractivity contribution is 6.12. The van der Waals surface area contributed by atoms with Crippen LogP contribution in [0.5, 0.6) is 0 Å². The Morgan fingerprint density at radius 3 is 1.62 bits per heavy atom. The fourth-order valence-electron chi connectivity index (χ4n) is 8.48. The van der Waals surface area contributed by atoms with Crippen molar-refractivity contribution in [2.45, 2.75) is 13.1 Å². The first-order chi connectivity index (χ1) is 32.1. The van der Waals surface area contributed by atoms with Crippen molar-refractivity contribution < 1.29 is 13.2 Å². The summed E-state index contributed by atoms with van der Waals surface area (Å²) in [4.78, 5) is 22.2. The van der Waals surface area contributed by atoms with Crippen LogP contribution in [0.4, 0.5) is 24.5 Å². The Balaban J connectivity index is 1.31. The molecule has 10 heteroatoms. The molecule has 0 bridgehead atoms. The van der Waals surface area contributed by atoms with Crippen molar-refractivity contribution in [3.63, 3.8) is 0 Å². The first-order valence-electron chi connectivity index (χ1n) is 20.8. The average Bonchev–Trinajstić information content (AvgIpc) is 3.69. The van der Waals surface area contributed by atoms with Crippen LogP contribution in [0.3, 0.4) is 0 Å². The molecule has 0 amide bonds. The highest BCUT2D eigenvalue weighted by atomic mass is 19.4. The van der Waals surface area contributed by atoms with Crippen LogP contribution >= 0.6 is 0 Å². The van der Waals surface area contributed by atoms with Crippen molar-refractivity contribution in [1.29, 1.82) is 5.26 Å². The Morgan fingerprint density at radius 1 is 0.530 bits per heavy atom. The summed E-state index contributed by atoms with van der Waals surface area (Å²) in [6.45, 7) is 17.5. The smallest absolute Gasteiger partial charge is 0.308 e. The lowest BCUT2D eigenvalue weighted by Gasteiger charge is -2.21. The van der Waals surface area contributed by atoms with Crippen molar-refractivity contribution in [3.8, 4) is 79.3 Å². The third-order valence-electron chi connectivity index (χ3n) is 11.6. The molecular weight excluding hydrogens is 828 g/mol. The maximum atomic E-state index is 14.1. The molecule has 0 radical (unpaired) electrons. The largest absolute Gasteiger partial charge is 0.416 e. The molecule has 0 atom stereocenters. The van der Waals surface area contributed by atoms with Gasteiger partial charge in [-0.15, -0.1) is 0 Å². The average molecular weight is 860 g/mol. The molecule has 0 aliphatic carbocycles. The Morgan fingerprint density at radius 2 is 1.06 bits per heavy atom. The summed E-state index contributed by atoms with van der Waals surface area (Å²) in [5.74, 6) is 1.29. The van der Waals surface area contributed by atoms with E-state index in [0.717, 1.165) is 61.8 Å². The predicted octanol–water partition coefficient (Wildman–Crippen LogP) is 15.3. The number of aromatic nitrogens is 4. The Bertz CT molecular complexity index is 3560. The van der Waals surface area contributed by atoms with Gasteiger partial charge in [-0.25, -0.2) is 24.6 Å². The van der Waals surface area contributed by atoms with Gasteiger partial charge in [0, 0.05) is 49.7 Å². The van der Waals surface area contributed by atoms with E-state index in [-0.39, 0.29) is 16.9 Å². The molecule has 0 saturated carbocycles. The number of alkyl halides is 3. The highest BCUT2D eigenvalue weighted by Gasteiger charge is 2.31. The van der Waals surface area contributed by atoms with Crippen molar-refractivity contribution >= 4 is 33.2 Å². The quantitative estimate of drug-likeness (QED) is 0.150. The summed E-state index contributed by atoms with van der Waals surface area (Å²) < 4.78 is 44.6. The van der Waals surface area contributed by atoms with Gasteiger partial charge in [-0.2, -0.15) is 18.4 Å². The molecule has 0 fully saturated rings. The molecule has 10 rings (SSSR count). The molecule has 0 spiro atoms. The lowest BCUT2D eigenvalue weighted by Crippen LogP contribution is -2.05. The van der Waals surface area contributed by atoms with Gasteiger partial charge >= 0.3 is 6.18 Å². The Labute approximate surface area is 377 Å². The molecule has 0 saturated heterocycles. The number of fused-ring (bicyclic) bond motifs is 3. The summed E-state index contributed by atoms with van der Waals surface area (Å²) in [6.07, 6.45) is -4.55. The number of hydrogen-bond donors (Lipinski definition) is 0. The molecule has 312 valence electrons. The molecule has 0 aliphatic heterocycles. The molecule has 0 aliphatic rings. The van der Waals surface area contributed by atoms with E-state index in [1.165, 1.54) is 24.3 Å². The molecule has 2 aromatic heterocycles. The number of rotatable bonds is 7. The normalized spacial score (nSPS) is 11.3. The fraction of sp³-hybridized carbons (Fsp3) is 0.0357. The summed E-state index contributed by atoms with van der Waals surface area (Å²) in [5, 5.41) is 11.9. The van der Waals surface area contributed by atoms with Crippen LogP contribution in [0.15, 0.2) is 176 Å². The summed E-state index contributed by atoms with van der Waals surface area (Å²) in [5.41, 5.74) is 9.13. The van der Waals surface area contributed by atoms with Crippen molar-refractivity contribution in [1.82, 2.24) is 19.5 Å². The van der Waals surface area contributed by atoms with E-state index in [0.29, 0.717) is 51.0 Å². The molecule has 66 heavy (non-hydrogen) atoms. The lowest BCUT2D eigenvalue weighted by molar-refractivity contribution is -0.137. The van der Waals surface area contributed by atoms with Crippen molar-refractivity contribution in [2.24, 2.45) is 0 Å². The van der Waals surface area contributed by atoms with Crippen LogP contribution in [0.25, 0.3) is 105 Å². The zero-order valence-corrected chi connectivity index (χ0v) is 35.0. The molecule has 10 aromatic rings. The van der Waals surface area contributed by atoms with Gasteiger partial charge in [0.05, 0.1) is 41.5 Å². The van der Waals surface area contributed by atoms with Gasteiger partial charge in [0.2, 0.25) is 0 Å². The minimum atomic E-state index is -4.55. The van der Waals surface area contributed by atoms with Crippen LogP contribution in [0, 0.1) is 31.4 Å². The number of para-hydroxylation sites is 1. The summed E-state index contributed by atoms with van der Waals surface area (Å²) in [7, 11) is 0. The minimum absolute atomic E-state index is 0.189. The number of hydrogen-bond acceptors (Lipinski definition) is 4. The van der Waals surface area contributed by atoms with E-state index in [1.54, 1.807) is 0 Å². The second-order valence-corrected chi connectivity index (χ2v) is 15.7. The maximum absolute atomic E-state index is 14.1. The molecule has 0 N–H and O–H groups in total. The lowest BCUT2D eigenvalue weighted by atomic mass is 9.91. The first-order valence-corrected chi connectivity index (χ1v) is 20.8. The number of nitriles is 1. The summed E-state index contributed by atoms with van der Waals surface area (Å²) >= 11 is 0. The van der Waals surface area contributed by atoms with Crippen molar-refractivity contribution in [3.05, 3.63) is 215 Å². The van der Waals surface area contributed by atoms with E-state index >= 15 is 0 Å². The van der Waals surface area contributed by atoms with Crippen LogP contribution < -0.4 is 0 Å². The zero-order chi connectivity index (χ0) is 45.5. The van der Waals surface area contributed by atoms with Crippen molar-refractivity contribution in [2.75, 3.05) is 0 Å². The molecule has 7 nitrogen and oxygen atoms in total. The Hall–Kier alpha value is -9.17. The number of benzene rings is 8. The predicted molar refractivity (Wildman–Crippen MR) is 254 cm³/mol. The topological polar surface area (TPSA) is 76.1 Å². The van der Waals surface area contributed by atoms with E-state index in [9.17, 15) is 18.4 Å². The van der Waals surface area contributed by atoms with Gasteiger partial charge in [-0.1, -0.05) is 133 Å². The first kappa shape index (κ1) is 40.9. The second kappa shape index (κ2) is 16.5. The van der Waals surface area contributed by atoms with Gasteiger partial charge in [0.25, 0.3) is 0 Å². The highest BCUT2D eigenvalue weighted by Crippen LogP contribution is 2.46. The molecular formula is C56H32F3N7. The third kappa shape index (κ3) is 7.37. The van der Waals surface area contributed by atoms with Gasteiger partial charge < -0.3 is 4.57 Å². The zero-order valence-electron chi connectivity index (χ0n) is 35.0. The SMILES string of the molecule is [C-]#[N+]c1cc(C#N)c(-c2ccc3c(c2)c2ccccc2n3-c2c(-c3ccc(C)cc3)cc(-c3nc(-c4ccccc4)nc(-c4ccccc4)n3)cc2-c2ccc(C(F)(F)F)cc2)c([N+]#[C-])c1. The van der Waals surface area contributed by atoms with Crippen LogP contribution in [0.1, 0.15) is 16.7 Å². The Kier molecular flexibility index (Phi) is 10.2. The van der Waals surface area contributed by atoms with Gasteiger partial charge in [0.1, 0.15) is 0 Å². The van der Waals surface area contributed by atoms with E-state index in [4.69, 9.17) is 28.1 Å². The van der Waals surface area contributed by atoms with Crippen LogP contribution in [-0.2, 0) is 6.18 Å². The maximum Gasteiger partial charge on any atom is 0.416 e. The van der Waals surface area contributed by atoms with E-state index in [2.05, 4.69) is 20.3 Å². The molecule has 8 aromatic carbocycles. The van der Waals surface area contributed by atoms with E-state index in [1.807, 2.05) is 146 Å². The monoisotopic (exact) mass is 859 g/mol. The number of aryl methyl sites for hydroxylation is 1. The van der Waals surface area contributed by atoms with Gasteiger partial charge in [0.15, 0.2) is 28.8 Å². The van der Waals surface area contributed by atoms with Crippen LogP contribution in [-0.4, -0.2) is 19.5 Å². The molecule has 0 unspecified atom stereocenters. The number of nitrogens with zero attached hydrogens (tertiary/aromatic N) is 7. The van der Waals surface area contributed by atoms with Gasteiger partial charge in [-0.3, -0.25) is 0 Å². The summed E-state index contributed by atoms with van der Waals surface area (Å²) in [6, 6.07) is 55.3. The fourth-order valence-corrected chi connectivity index (χ4v) is 8.48. The minimum Gasteiger partial charge on any atom is -0.308 e. The third-order valence-corrected chi connectivity index (χ3v) is 11.6. The standard InChI is InChI=1S/C56H32F3N7/c1-34-18-20-35(21-19-34)45-30-40(55-64-53(37-12-6-4-7-13-37)63-54(65-55)38-14-8-5-9-15-38)31-46(36-22-25-42(26-23-36)56(57,58)59)52(45)66-49-17-11-10-16-44(49)47-29-39(24-27-50(47)66)51-41(33-60)28-43(61-2)32-48(51)62-3/h4-32H,1H3. The van der Waals surface area contributed by atoms with E-state index < -0.39 is 11.7 Å². The molecule has 2 heterocycles. The van der Waals surface area contributed by atoms with Gasteiger partial charge in [-0.05, 0) is 72.1 Å². The van der Waals surface area contributed by atoms with Crippen LogP contribution in [0.2, 0.25) is 0 Å². The second-order valence-electron chi connectivity index (χ2n) is 15.7.